The topological polar surface area (TPSA) is 58.6 Å². The molecule has 0 aromatic rings. The molecule has 0 aromatic heterocycles. The quantitative estimate of drug-likeness (QED) is 0.833. The molecular formula is C14H24N2O3. The molecule has 2 amide bonds. The van der Waals surface area contributed by atoms with Crippen molar-refractivity contribution in [2.75, 3.05) is 13.2 Å². The summed E-state index contributed by atoms with van der Waals surface area (Å²) < 4.78 is 5.68. The Bertz CT molecular complexity index is 368. The maximum absolute atomic E-state index is 12.4. The molecule has 5 heteroatoms. The fourth-order valence-corrected chi connectivity index (χ4v) is 2.99. The molecular weight excluding hydrogens is 244 g/mol. The highest BCUT2D eigenvalue weighted by Crippen LogP contribution is 2.28. The van der Waals surface area contributed by atoms with E-state index in [0.29, 0.717) is 13.0 Å². The van der Waals surface area contributed by atoms with E-state index in [9.17, 15) is 9.59 Å². The highest BCUT2D eigenvalue weighted by atomic mass is 16.5. The lowest BCUT2D eigenvalue weighted by Crippen LogP contribution is -2.62. The van der Waals surface area contributed by atoms with E-state index in [1.54, 1.807) is 4.90 Å². The summed E-state index contributed by atoms with van der Waals surface area (Å²) in [6, 6.07) is -0.209. The van der Waals surface area contributed by atoms with Crippen LogP contribution in [-0.4, -0.2) is 47.6 Å². The van der Waals surface area contributed by atoms with Crippen LogP contribution in [0.2, 0.25) is 0 Å². The average molecular weight is 268 g/mol. The number of carbonyl (C=O) groups is 2. The summed E-state index contributed by atoms with van der Waals surface area (Å²) in [5.74, 6) is 0.0338. The Hall–Kier alpha value is -1.10. The first kappa shape index (κ1) is 14.3. The number of hydrogen-bond donors (Lipinski definition) is 1. The second kappa shape index (κ2) is 5.49. The molecule has 5 nitrogen and oxygen atoms in total. The standard InChI is InChI=1S/C14H24N2O3/c1-4-5-11-13(18)16(9-12(17)15-11)10-6-7-19-14(2,3)8-10/h10-11H,4-9H2,1-3H3,(H,15,17). The Balaban J connectivity index is 2.09. The van der Waals surface area contributed by atoms with Crippen molar-refractivity contribution in [2.45, 2.75) is 64.1 Å². The van der Waals surface area contributed by atoms with E-state index in [0.717, 1.165) is 19.3 Å². The van der Waals surface area contributed by atoms with Gasteiger partial charge in [-0.1, -0.05) is 13.3 Å². The van der Waals surface area contributed by atoms with E-state index in [-0.39, 0.29) is 36.0 Å². The van der Waals surface area contributed by atoms with Crippen molar-refractivity contribution in [3.05, 3.63) is 0 Å². The molecule has 2 fully saturated rings. The summed E-state index contributed by atoms with van der Waals surface area (Å²) in [5.41, 5.74) is -0.211. The van der Waals surface area contributed by atoms with Crippen LogP contribution in [0, 0.1) is 0 Å². The van der Waals surface area contributed by atoms with Crippen molar-refractivity contribution in [1.29, 1.82) is 0 Å². The first-order valence-electron chi connectivity index (χ1n) is 7.17. The summed E-state index contributed by atoms with van der Waals surface area (Å²) in [7, 11) is 0. The largest absolute Gasteiger partial charge is 0.375 e. The average Bonchev–Trinajstić information content (AvgIpc) is 2.32. The summed E-state index contributed by atoms with van der Waals surface area (Å²) in [6.45, 7) is 6.95. The molecule has 2 aliphatic rings. The predicted molar refractivity (Wildman–Crippen MR) is 71.6 cm³/mol. The molecule has 108 valence electrons. The van der Waals surface area contributed by atoms with Gasteiger partial charge in [-0.15, -0.1) is 0 Å². The fourth-order valence-electron chi connectivity index (χ4n) is 2.99. The van der Waals surface area contributed by atoms with E-state index in [2.05, 4.69) is 5.32 Å². The first-order chi connectivity index (χ1) is 8.93. The second-order valence-corrected chi connectivity index (χ2v) is 6.13. The van der Waals surface area contributed by atoms with E-state index in [1.165, 1.54) is 0 Å². The van der Waals surface area contributed by atoms with Crippen molar-refractivity contribution < 1.29 is 14.3 Å². The van der Waals surface area contributed by atoms with Crippen LogP contribution in [0.15, 0.2) is 0 Å². The van der Waals surface area contributed by atoms with Crippen LogP contribution in [0.3, 0.4) is 0 Å². The molecule has 19 heavy (non-hydrogen) atoms. The molecule has 2 atom stereocenters. The van der Waals surface area contributed by atoms with Crippen LogP contribution in [-0.2, 0) is 14.3 Å². The van der Waals surface area contributed by atoms with Crippen molar-refractivity contribution in [2.24, 2.45) is 0 Å². The van der Waals surface area contributed by atoms with Gasteiger partial charge in [-0.2, -0.15) is 0 Å². The summed E-state index contributed by atoms with van der Waals surface area (Å²) in [4.78, 5) is 26.0. The molecule has 2 heterocycles. The first-order valence-corrected chi connectivity index (χ1v) is 7.17. The Kier molecular flexibility index (Phi) is 4.13. The van der Waals surface area contributed by atoms with Crippen LogP contribution in [0.25, 0.3) is 0 Å². The highest BCUT2D eigenvalue weighted by molar-refractivity contribution is 5.95. The van der Waals surface area contributed by atoms with Gasteiger partial charge < -0.3 is 15.0 Å². The minimum atomic E-state index is -0.336. The molecule has 0 bridgehead atoms. The Morgan fingerprint density at radius 3 is 2.79 bits per heavy atom. The number of rotatable bonds is 3. The number of amides is 2. The van der Waals surface area contributed by atoms with Gasteiger partial charge in [-0.05, 0) is 33.1 Å². The molecule has 2 rings (SSSR count). The number of nitrogens with zero attached hydrogens (tertiary/aromatic N) is 1. The zero-order chi connectivity index (χ0) is 14.0. The fraction of sp³-hybridized carbons (Fsp3) is 0.857. The van der Waals surface area contributed by atoms with Gasteiger partial charge in [0.15, 0.2) is 0 Å². The minimum absolute atomic E-state index is 0.0395. The van der Waals surface area contributed by atoms with Gasteiger partial charge in [-0.3, -0.25) is 9.59 Å². The summed E-state index contributed by atoms with van der Waals surface area (Å²) in [6.07, 6.45) is 3.23. The van der Waals surface area contributed by atoms with Gasteiger partial charge in [0.1, 0.15) is 6.04 Å². The number of nitrogens with one attached hydrogen (secondary N) is 1. The highest BCUT2D eigenvalue weighted by Gasteiger charge is 2.40. The molecule has 0 radical (unpaired) electrons. The molecule has 2 aliphatic heterocycles. The van der Waals surface area contributed by atoms with Gasteiger partial charge in [0.05, 0.1) is 12.1 Å². The monoisotopic (exact) mass is 268 g/mol. The predicted octanol–water partition coefficient (Wildman–Crippen LogP) is 1.07. The third-order valence-corrected chi connectivity index (χ3v) is 3.92. The Labute approximate surface area is 114 Å². The van der Waals surface area contributed by atoms with E-state index in [4.69, 9.17) is 4.74 Å². The van der Waals surface area contributed by atoms with Crippen LogP contribution in [0.5, 0.6) is 0 Å². The third kappa shape index (κ3) is 3.26. The minimum Gasteiger partial charge on any atom is -0.375 e. The zero-order valence-corrected chi connectivity index (χ0v) is 12.1. The summed E-state index contributed by atoms with van der Waals surface area (Å²) >= 11 is 0. The van der Waals surface area contributed by atoms with Crippen LogP contribution >= 0.6 is 0 Å². The molecule has 0 saturated carbocycles. The Morgan fingerprint density at radius 2 is 2.16 bits per heavy atom. The molecule has 2 saturated heterocycles. The molecule has 0 spiro atoms. The van der Waals surface area contributed by atoms with Gasteiger partial charge in [0, 0.05) is 12.6 Å². The molecule has 0 aliphatic carbocycles. The van der Waals surface area contributed by atoms with E-state index >= 15 is 0 Å². The van der Waals surface area contributed by atoms with E-state index in [1.807, 2.05) is 20.8 Å². The SMILES string of the molecule is CCCC1NC(=O)CN(C2CCOC(C)(C)C2)C1=O. The number of hydrogen-bond acceptors (Lipinski definition) is 3. The van der Waals surface area contributed by atoms with Crippen molar-refractivity contribution >= 4 is 11.8 Å². The van der Waals surface area contributed by atoms with Crippen molar-refractivity contribution in [3.8, 4) is 0 Å². The van der Waals surface area contributed by atoms with Crippen LogP contribution in [0.1, 0.15) is 46.5 Å². The number of carbonyl (C=O) groups excluding carboxylic acids is 2. The Morgan fingerprint density at radius 1 is 1.42 bits per heavy atom. The lowest BCUT2D eigenvalue weighted by Gasteiger charge is -2.43. The molecule has 2 unspecified atom stereocenters. The zero-order valence-electron chi connectivity index (χ0n) is 12.1. The normalized spacial score (nSPS) is 31.2. The van der Waals surface area contributed by atoms with Crippen LogP contribution in [0.4, 0.5) is 0 Å². The van der Waals surface area contributed by atoms with Gasteiger partial charge in [0.2, 0.25) is 11.8 Å². The smallest absolute Gasteiger partial charge is 0.245 e. The maximum Gasteiger partial charge on any atom is 0.245 e. The molecule has 0 aromatic carbocycles. The lowest BCUT2D eigenvalue weighted by atomic mass is 9.91. The number of ether oxygens (including phenoxy) is 1. The van der Waals surface area contributed by atoms with E-state index < -0.39 is 0 Å². The van der Waals surface area contributed by atoms with Crippen LogP contribution < -0.4 is 5.32 Å². The lowest BCUT2D eigenvalue weighted by molar-refractivity contribution is -0.152. The maximum atomic E-state index is 12.4. The number of piperazine rings is 1. The summed E-state index contributed by atoms with van der Waals surface area (Å²) in [5, 5.41) is 2.80. The van der Waals surface area contributed by atoms with Gasteiger partial charge >= 0.3 is 0 Å². The third-order valence-electron chi connectivity index (χ3n) is 3.92. The van der Waals surface area contributed by atoms with Gasteiger partial charge in [0.25, 0.3) is 0 Å². The van der Waals surface area contributed by atoms with Crippen molar-refractivity contribution in [3.63, 3.8) is 0 Å². The van der Waals surface area contributed by atoms with Gasteiger partial charge in [-0.25, -0.2) is 0 Å². The molecule has 1 N–H and O–H groups in total. The second-order valence-electron chi connectivity index (χ2n) is 6.13. The van der Waals surface area contributed by atoms with Crippen molar-refractivity contribution in [1.82, 2.24) is 10.2 Å².